The third kappa shape index (κ3) is 3.68. The van der Waals surface area contributed by atoms with Gasteiger partial charge in [0.2, 0.25) is 0 Å². The zero-order valence-corrected chi connectivity index (χ0v) is 13.8. The van der Waals surface area contributed by atoms with Crippen molar-refractivity contribution in [1.82, 2.24) is 10.3 Å². The predicted molar refractivity (Wildman–Crippen MR) is 83.2 cm³/mol. The molecule has 0 spiro atoms. The van der Waals surface area contributed by atoms with Gasteiger partial charge in [-0.05, 0) is 64.2 Å². The predicted octanol–water partition coefficient (Wildman–Crippen LogP) is 3.58. The summed E-state index contributed by atoms with van der Waals surface area (Å²) < 4.78 is 2.06. The molecule has 0 saturated carbocycles. The lowest BCUT2D eigenvalue weighted by Crippen LogP contribution is -2.44. The van der Waals surface area contributed by atoms with Gasteiger partial charge in [0.1, 0.15) is 5.82 Å². The number of likely N-dealkylation sites (N-methyl/N-ethyl adjacent to an activating group) is 1. The molecule has 1 aromatic heterocycles. The van der Waals surface area contributed by atoms with Crippen molar-refractivity contribution in [3.05, 3.63) is 21.2 Å². The van der Waals surface area contributed by atoms with Gasteiger partial charge in [0, 0.05) is 29.8 Å². The van der Waals surface area contributed by atoms with Gasteiger partial charge in [-0.25, -0.2) is 4.98 Å². The van der Waals surface area contributed by atoms with Crippen LogP contribution in [0.1, 0.15) is 26.2 Å². The van der Waals surface area contributed by atoms with Crippen molar-refractivity contribution in [2.24, 2.45) is 0 Å². The molecule has 3 nitrogen and oxygen atoms in total. The summed E-state index contributed by atoms with van der Waals surface area (Å²) >= 11 is 7.04. The van der Waals surface area contributed by atoms with Crippen LogP contribution in [-0.2, 0) is 0 Å². The lowest BCUT2D eigenvalue weighted by Gasteiger charge is -2.31. The number of nitrogens with zero attached hydrogens (tertiary/aromatic N) is 2. The van der Waals surface area contributed by atoms with Crippen LogP contribution in [0.4, 0.5) is 5.82 Å². The minimum atomic E-state index is 0.594. The first kappa shape index (κ1) is 14.3. The molecule has 0 radical (unpaired) electrons. The van der Waals surface area contributed by atoms with Crippen LogP contribution in [-0.4, -0.2) is 30.7 Å². The molecule has 2 heterocycles. The van der Waals surface area contributed by atoms with Gasteiger partial charge in [0.25, 0.3) is 0 Å². The van der Waals surface area contributed by atoms with E-state index in [1.165, 1.54) is 19.3 Å². The van der Waals surface area contributed by atoms with Crippen LogP contribution < -0.4 is 10.2 Å². The van der Waals surface area contributed by atoms with Gasteiger partial charge in [0.15, 0.2) is 0 Å². The molecular formula is C13H19Br2N3. The molecule has 1 aliphatic rings. The van der Waals surface area contributed by atoms with E-state index in [1.54, 1.807) is 0 Å². The summed E-state index contributed by atoms with van der Waals surface area (Å²) in [6.45, 7) is 5.34. The van der Waals surface area contributed by atoms with E-state index in [9.17, 15) is 0 Å². The summed E-state index contributed by atoms with van der Waals surface area (Å²) in [5, 5.41) is 3.59. The third-order valence-corrected chi connectivity index (χ3v) is 4.34. The van der Waals surface area contributed by atoms with Gasteiger partial charge in [-0.3, -0.25) is 0 Å². The lowest BCUT2D eigenvalue weighted by molar-refractivity contribution is 0.399. The first-order valence-corrected chi connectivity index (χ1v) is 8.08. The monoisotopic (exact) mass is 375 g/mol. The second kappa shape index (κ2) is 6.87. The highest BCUT2D eigenvalue weighted by molar-refractivity contribution is 9.11. The number of nitrogens with one attached hydrogen (secondary N) is 1. The number of piperidine rings is 1. The SMILES string of the molecule is CCN(CC1CCCCN1)c1ncc(Br)cc1Br. The van der Waals surface area contributed by atoms with Crippen molar-refractivity contribution in [2.75, 3.05) is 24.5 Å². The smallest absolute Gasteiger partial charge is 0.142 e. The highest BCUT2D eigenvalue weighted by atomic mass is 79.9. The van der Waals surface area contributed by atoms with Gasteiger partial charge in [-0.1, -0.05) is 6.42 Å². The zero-order chi connectivity index (χ0) is 13.0. The molecule has 0 aliphatic carbocycles. The van der Waals surface area contributed by atoms with Crippen LogP contribution in [0.2, 0.25) is 0 Å². The van der Waals surface area contributed by atoms with Crippen LogP contribution in [0.5, 0.6) is 0 Å². The van der Waals surface area contributed by atoms with E-state index in [-0.39, 0.29) is 0 Å². The Hall–Kier alpha value is -0.130. The first-order valence-electron chi connectivity index (χ1n) is 6.50. The second-order valence-electron chi connectivity index (χ2n) is 4.64. The maximum Gasteiger partial charge on any atom is 0.142 e. The summed E-state index contributed by atoms with van der Waals surface area (Å²) in [5.74, 6) is 1.04. The zero-order valence-electron chi connectivity index (χ0n) is 10.6. The Labute approximate surface area is 126 Å². The van der Waals surface area contributed by atoms with Gasteiger partial charge in [-0.15, -0.1) is 0 Å². The van der Waals surface area contributed by atoms with Crippen molar-refractivity contribution in [2.45, 2.75) is 32.2 Å². The summed E-state index contributed by atoms with van der Waals surface area (Å²) in [6, 6.07) is 2.65. The van der Waals surface area contributed by atoms with Crippen LogP contribution in [0.3, 0.4) is 0 Å². The van der Waals surface area contributed by atoms with Crippen molar-refractivity contribution in [3.63, 3.8) is 0 Å². The van der Waals surface area contributed by atoms with Crippen molar-refractivity contribution >= 4 is 37.7 Å². The topological polar surface area (TPSA) is 28.2 Å². The number of halogens is 2. The molecule has 1 unspecified atom stereocenters. The molecule has 1 atom stereocenters. The van der Waals surface area contributed by atoms with E-state index in [4.69, 9.17) is 0 Å². The highest BCUT2D eigenvalue weighted by Gasteiger charge is 2.18. The number of pyridine rings is 1. The fourth-order valence-corrected chi connectivity index (χ4v) is 3.59. The molecule has 100 valence electrons. The maximum absolute atomic E-state index is 4.52. The van der Waals surface area contributed by atoms with E-state index in [0.29, 0.717) is 6.04 Å². The Morgan fingerprint density at radius 2 is 2.28 bits per heavy atom. The molecule has 1 fully saturated rings. The molecule has 2 rings (SSSR count). The Kier molecular flexibility index (Phi) is 5.45. The highest BCUT2D eigenvalue weighted by Crippen LogP contribution is 2.27. The molecule has 0 amide bonds. The van der Waals surface area contributed by atoms with E-state index in [0.717, 1.165) is 34.4 Å². The van der Waals surface area contributed by atoms with Crippen molar-refractivity contribution in [3.8, 4) is 0 Å². The summed E-state index contributed by atoms with van der Waals surface area (Å²) in [6.07, 6.45) is 5.77. The average molecular weight is 377 g/mol. The fourth-order valence-electron chi connectivity index (χ4n) is 2.35. The van der Waals surface area contributed by atoms with Gasteiger partial charge < -0.3 is 10.2 Å². The third-order valence-electron chi connectivity index (χ3n) is 3.32. The minimum Gasteiger partial charge on any atom is -0.354 e. The van der Waals surface area contributed by atoms with Crippen LogP contribution in [0.15, 0.2) is 21.2 Å². The summed E-state index contributed by atoms with van der Waals surface area (Å²) in [5.41, 5.74) is 0. The van der Waals surface area contributed by atoms with E-state index in [2.05, 4.69) is 60.1 Å². The normalized spacial score (nSPS) is 19.8. The molecule has 1 saturated heterocycles. The molecule has 5 heteroatoms. The first-order chi connectivity index (χ1) is 8.70. The Bertz CT molecular complexity index is 392. The molecule has 1 aromatic rings. The summed E-state index contributed by atoms with van der Waals surface area (Å²) in [4.78, 5) is 6.85. The van der Waals surface area contributed by atoms with Crippen molar-refractivity contribution in [1.29, 1.82) is 0 Å². The van der Waals surface area contributed by atoms with Gasteiger partial charge in [0.05, 0.1) is 4.47 Å². The lowest BCUT2D eigenvalue weighted by atomic mass is 10.0. The van der Waals surface area contributed by atoms with Crippen LogP contribution >= 0.6 is 31.9 Å². The number of anilines is 1. The minimum absolute atomic E-state index is 0.594. The number of rotatable bonds is 4. The quantitative estimate of drug-likeness (QED) is 0.870. The number of hydrogen-bond donors (Lipinski definition) is 1. The Morgan fingerprint density at radius 1 is 1.44 bits per heavy atom. The van der Waals surface area contributed by atoms with Crippen LogP contribution in [0.25, 0.3) is 0 Å². The standard InChI is InChI=1S/C13H19Br2N3/c1-2-18(9-11-5-3-4-6-16-11)13-12(15)7-10(14)8-17-13/h7-8,11,16H,2-6,9H2,1H3. The average Bonchev–Trinajstić information content (AvgIpc) is 2.38. The molecule has 1 aliphatic heterocycles. The molecular weight excluding hydrogens is 358 g/mol. The Morgan fingerprint density at radius 3 is 2.89 bits per heavy atom. The molecule has 1 N–H and O–H groups in total. The van der Waals surface area contributed by atoms with E-state index >= 15 is 0 Å². The summed E-state index contributed by atoms with van der Waals surface area (Å²) in [7, 11) is 0. The second-order valence-corrected chi connectivity index (χ2v) is 6.41. The maximum atomic E-state index is 4.52. The molecule has 0 bridgehead atoms. The largest absolute Gasteiger partial charge is 0.354 e. The fraction of sp³-hybridized carbons (Fsp3) is 0.615. The van der Waals surface area contributed by atoms with Gasteiger partial charge >= 0.3 is 0 Å². The number of aromatic nitrogens is 1. The number of hydrogen-bond acceptors (Lipinski definition) is 3. The van der Waals surface area contributed by atoms with Gasteiger partial charge in [-0.2, -0.15) is 0 Å². The van der Waals surface area contributed by atoms with Crippen molar-refractivity contribution < 1.29 is 0 Å². The van der Waals surface area contributed by atoms with E-state index in [1.807, 2.05) is 6.20 Å². The van der Waals surface area contributed by atoms with Crippen LogP contribution in [0, 0.1) is 0 Å². The molecule has 18 heavy (non-hydrogen) atoms. The Balaban J connectivity index is 2.07. The molecule has 0 aromatic carbocycles. The van der Waals surface area contributed by atoms with E-state index < -0.39 is 0 Å².